The van der Waals surface area contributed by atoms with Gasteiger partial charge in [-0.05, 0) is 49.7 Å². The predicted octanol–water partition coefficient (Wildman–Crippen LogP) is 3.12. The zero-order chi connectivity index (χ0) is 22.7. The number of thioether (sulfide) groups is 1. The van der Waals surface area contributed by atoms with E-state index in [-0.39, 0.29) is 16.6 Å². The van der Waals surface area contributed by atoms with Gasteiger partial charge in [0.05, 0.1) is 34.9 Å². The van der Waals surface area contributed by atoms with E-state index in [1.165, 1.54) is 16.1 Å². The number of morpholine rings is 1. The summed E-state index contributed by atoms with van der Waals surface area (Å²) in [4.78, 5) is 17.3. The lowest BCUT2D eigenvalue weighted by atomic mass is 10.2. The molecule has 3 aromatic rings. The first-order chi connectivity index (χ1) is 15.4. The molecule has 170 valence electrons. The van der Waals surface area contributed by atoms with Crippen molar-refractivity contribution in [3.63, 3.8) is 0 Å². The summed E-state index contributed by atoms with van der Waals surface area (Å²) in [5.41, 5.74) is 3.28. The average molecular weight is 475 g/mol. The number of carbonyl (C=O) groups excluding carboxylic acids is 1. The molecule has 1 aromatic heterocycles. The van der Waals surface area contributed by atoms with Gasteiger partial charge in [0.15, 0.2) is 5.16 Å². The van der Waals surface area contributed by atoms with E-state index in [4.69, 9.17) is 4.74 Å². The summed E-state index contributed by atoms with van der Waals surface area (Å²) >= 11 is 1.33. The Hall–Kier alpha value is -2.40. The molecule has 32 heavy (non-hydrogen) atoms. The third-order valence-corrected chi connectivity index (χ3v) is 8.11. The van der Waals surface area contributed by atoms with Gasteiger partial charge in [-0.25, -0.2) is 13.4 Å². The van der Waals surface area contributed by atoms with Crippen LogP contribution >= 0.6 is 11.8 Å². The van der Waals surface area contributed by atoms with Crippen LogP contribution in [-0.2, 0) is 26.1 Å². The molecule has 1 saturated heterocycles. The van der Waals surface area contributed by atoms with Gasteiger partial charge in [0.2, 0.25) is 15.9 Å². The first-order valence-corrected chi connectivity index (χ1v) is 12.9. The van der Waals surface area contributed by atoms with Gasteiger partial charge < -0.3 is 14.6 Å². The minimum Gasteiger partial charge on any atom is -0.379 e. The molecule has 0 saturated carbocycles. The lowest BCUT2D eigenvalue weighted by molar-refractivity contribution is -0.113. The van der Waals surface area contributed by atoms with E-state index in [1.54, 1.807) is 18.2 Å². The number of hydrogen-bond donors (Lipinski definition) is 1. The highest BCUT2D eigenvalue weighted by molar-refractivity contribution is 7.99. The van der Waals surface area contributed by atoms with Gasteiger partial charge in [0.25, 0.3) is 0 Å². The topological polar surface area (TPSA) is 93.5 Å². The Morgan fingerprint density at radius 3 is 2.69 bits per heavy atom. The van der Waals surface area contributed by atoms with Crippen molar-refractivity contribution in [1.29, 1.82) is 0 Å². The predicted molar refractivity (Wildman–Crippen MR) is 126 cm³/mol. The van der Waals surface area contributed by atoms with Gasteiger partial charge in [-0.2, -0.15) is 4.31 Å². The van der Waals surface area contributed by atoms with Gasteiger partial charge >= 0.3 is 0 Å². The van der Waals surface area contributed by atoms with Crippen molar-refractivity contribution >= 4 is 44.4 Å². The van der Waals surface area contributed by atoms with E-state index in [1.807, 2.05) is 42.7 Å². The summed E-state index contributed by atoms with van der Waals surface area (Å²) in [5, 5.41) is 3.58. The molecule has 1 N–H and O–H groups in total. The summed E-state index contributed by atoms with van der Waals surface area (Å²) in [7, 11) is -3.59. The first-order valence-electron chi connectivity index (χ1n) is 10.5. The highest BCUT2D eigenvalue weighted by Gasteiger charge is 2.27. The number of rotatable bonds is 7. The molecule has 1 amide bonds. The normalized spacial score (nSPS) is 15.2. The summed E-state index contributed by atoms with van der Waals surface area (Å²) in [5.74, 6) is 0.0850. The van der Waals surface area contributed by atoms with Gasteiger partial charge in [0.1, 0.15) is 0 Å². The SMILES string of the molecule is CCn1c(SCC(=O)Nc2cccc(C)c2)nc2cc(S(=O)(=O)N3CCOCC3)ccc21. The van der Waals surface area contributed by atoms with Crippen LogP contribution in [0.5, 0.6) is 0 Å². The maximum atomic E-state index is 13.0. The third-order valence-electron chi connectivity index (χ3n) is 5.24. The second-order valence-electron chi connectivity index (χ2n) is 7.51. The molecule has 8 nitrogen and oxygen atoms in total. The van der Waals surface area contributed by atoms with Crippen molar-refractivity contribution in [1.82, 2.24) is 13.9 Å². The smallest absolute Gasteiger partial charge is 0.243 e. The molecule has 10 heteroatoms. The van der Waals surface area contributed by atoms with Crippen LogP contribution in [0.15, 0.2) is 52.5 Å². The van der Waals surface area contributed by atoms with Crippen molar-refractivity contribution in [3.8, 4) is 0 Å². The molecule has 0 aliphatic carbocycles. The Labute approximate surface area is 192 Å². The monoisotopic (exact) mass is 474 g/mol. The number of benzene rings is 2. The van der Waals surface area contributed by atoms with Crippen molar-refractivity contribution in [2.24, 2.45) is 0 Å². The second kappa shape index (κ2) is 9.62. The number of hydrogen-bond acceptors (Lipinski definition) is 6. The summed E-state index contributed by atoms with van der Waals surface area (Å²) in [6.07, 6.45) is 0. The Morgan fingerprint density at radius 2 is 1.97 bits per heavy atom. The van der Waals surface area contributed by atoms with Crippen LogP contribution in [0.25, 0.3) is 11.0 Å². The third kappa shape index (κ3) is 4.83. The molecular weight excluding hydrogens is 448 g/mol. The molecule has 0 unspecified atom stereocenters. The fraction of sp³-hybridized carbons (Fsp3) is 0.364. The summed E-state index contributed by atoms with van der Waals surface area (Å²) in [6, 6.07) is 12.7. The molecule has 1 aliphatic heterocycles. The average Bonchev–Trinajstić information content (AvgIpc) is 3.15. The molecule has 2 heterocycles. The molecule has 0 atom stereocenters. The Balaban J connectivity index is 1.52. The van der Waals surface area contributed by atoms with Crippen molar-refractivity contribution in [3.05, 3.63) is 48.0 Å². The molecule has 1 fully saturated rings. The van der Waals surface area contributed by atoms with E-state index >= 15 is 0 Å². The van der Waals surface area contributed by atoms with Gasteiger partial charge in [-0.15, -0.1) is 0 Å². The number of anilines is 1. The fourth-order valence-electron chi connectivity index (χ4n) is 3.65. The number of aryl methyl sites for hydroxylation is 2. The quantitative estimate of drug-likeness (QED) is 0.529. The number of amides is 1. The zero-order valence-electron chi connectivity index (χ0n) is 18.1. The van der Waals surface area contributed by atoms with Crippen LogP contribution in [0.3, 0.4) is 0 Å². The van der Waals surface area contributed by atoms with Crippen molar-refractivity contribution < 1.29 is 17.9 Å². The van der Waals surface area contributed by atoms with E-state index in [9.17, 15) is 13.2 Å². The highest BCUT2D eigenvalue weighted by atomic mass is 32.2. The number of nitrogens with one attached hydrogen (secondary N) is 1. The molecule has 0 radical (unpaired) electrons. The van der Waals surface area contributed by atoms with Crippen LogP contribution < -0.4 is 5.32 Å². The maximum Gasteiger partial charge on any atom is 0.243 e. The number of fused-ring (bicyclic) bond motifs is 1. The molecule has 0 spiro atoms. The van der Waals surface area contributed by atoms with Crippen LogP contribution in [0.2, 0.25) is 0 Å². The number of carbonyl (C=O) groups is 1. The number of ether oxygens (including phenoxy) is 1. The Bertz CT molecular complexity index is 1230. The molecule has 1 aliphatic rings. The van der Waals surface area contributed by atoms with Crippen molar-refractivity contribution in [2.45, 2.75) is 30.4 Å². The number of imidazole rings is 1. The van der Waals surface area contributed by atoms with Crippen LogP contribution in [0.4, 0.5) is 5.69 Å². The van der Waals surface area contributed by atoms with Crippen molar-refractivity contribution in [2.75, 3.05) is 37.4 Å². The molecule has 0 bridgehead atoms. The first kappa shape index (κ1) is 22.8. The second-order valence-corrected chi connectivity index (χ2v) is 10.4. The summed E-state index contributed by atoms with van der Waals surface area (Å²) in [6.45, 7) is 6.13. The number of sulfonamides is 1. The largest absolute Gasteiger partial charge is 0.379 e. The van der Waals surface area contributed by atoms with Gasteiger partial charge in [-0.1, -0.05) is 23.9 Å². The zero-order valence-corrected chi connectivity index (χ0v) is 19.7. The van der Waals surface area contributed by atoms with Gasteiger partial charge in [0, 0.05) is 25.3 Å². The molecule has 2 aromatic carbocycles. The summed E-state index contributed by atoms with van der Waals surface area (Å²) < 4.78 is 34.7. The van der Waals surface area contributed by atoms with E-state index in [0.29, 0.717) is 43.5 Å². The highest BCUT2D eigenvalue weighted by Crippen LogP contribution is 2.27. The fourth-order valence-corrected chi connectivity index (χ4v) is 5.96. The Morgan fingerprint density at radius 1 is 1.19 bits per heavy atom. The minimum atomic E-state index is -3.59. The van der Waals surface area contributed by atoms with Gasteiger partial charge in [-0.3, -0.25) is 4.79 Å². The molecular formula is C22H26N4O4S2. The lowest BCUT2D eigenvalue weighted by Gasteiger charge is -2.26. The maximum absolute atomic E-state index is 13.0. The van der Waals surface area contributed by atoms with E-state index < -0.39 is 10.0 Å². The standard InChI is InChI=1S/C22H26N4O4S2/c1-3-26-20-8-7-18(32(28,29)25-9-11-30-12-10-25)14-19(20)24-22(26)31-15-21(27)23-17-6-4-5-16(2)13-17/h4-8,13-14H,3,9-12,15H2,1-2H3,(H,23,27). The Kier molecular flexibility index (Phi) is 6.85. The molecule has 4 rings (SSSR count). The van der Waals surface area contributed by atoms with Crippen LogP contribution in [0.1, 0.15) is 12.5 Å². The lowest BCUT2D eigenvalue weighted by Crippen LogP contribution is -2.40. The van der Waals surface area contributed by atoms with E-state index in [2.05, 4.69) is 10.3 Å². The minimum absolute atomic E-state index is 0.120. The van der Waals surface area contributed by atoms with E-state index in [0.717, 1.165) is 16.8 Å². The van der Waals surface area contributed by atoms with Crippen LogP contribution in [0, 0.1) is 6.92 Å². The number of nitrogens with zero attached hydrogens (tertiary/aromatic N) is 3. The van der Waals surface area contributed by atoms with Crippen LogP contribution in [-0.4, -0.2) is 60.2 Å². The number of aromatic nitrogens is 2.